The highest BCUT2D eigenvalue weighted by molar-refractivity contribution is 5.66. The van der Waals surface area contributed by atoms with Gasteiger partial charge in [0.15, 0.2) is 0 Å². The van der Waals surface area contributed by atoms with Crippen molar-refractivity contribution < 1.29 is 9.90 Å². The summed E-state index contributed by atoms with van der Waals surface area (Å²) in [7, 11) is 0. The zero-order chi connectivity index (χ0) is 12.0. The van der Waals surface area contributed by atoms with Gasteiger partial charge in [0.2, 0.25) is 0 Å². The lowest BCUT2D eigenvalue weighted by atomic mass is 9.78. The SMILES string of the molecule is CC(C)CC1(CNCCC(=O)O)CCCC1. The molecule has 0 spiro atoms. The van der Waals surface area contributed by atoms with Crippen molar-refractivity contribution in [3.8, 4) is 0 Å². The molecular formula is C13H25NO2. The summed E-state index contributed by atoms with van der Waals surface area (Å²) in [5.74, 6) is 0.0243. The normalized spacial score (nSPS) is 19.2. The van der Waals surface area contributed by atoms with E-state index >= 15 is 0 Å². The second-order valence-corrected chi connectivity index (χ2v) is 5.63. The molecule has 3 heteroatoms. The Labute approximate surface area is 98.6 Å². The van der Waals surface area contributed by atoms with E-state index < -0.39 is 5.97 Å². The number of rotatable bonds is 7. The largest absolute Gasteiger partial charge is 0.481 e. The van der Waals surface area contributed by atoms with Crippen LogP contribution in [0.15, 0.2) is 0 Å². The molecule has 0 aromatic rings. The summed E-state index contributed by atoms with van der Waals surface area (Å²) in [6.07, 6.45) is 6.81. The molecular weight excluding hydrogens is 202 g/mol. The molecule has 1 saturated carbocycles. The van der Waals surface area contributed by atoms with Gasteiger partial charge in [0, 0.05) is 13.1 Å². The molecule has 1 aliphatic rings. The monoisotopic (exact) mass is 227 g/mol. The highest BCUT2D eigenvalue weighted by Gasteiger charge is 2.33. The number of nitrogens with one attached hydrogen (secondary N) is 1. The van der Waals surface area contributed by atoms with E-state index in [1.807, 2.05) is 0 Å². The third-order valence-corrected chi connectivity index (χ3v) is 3.52. The fourth-order valence-electron chi connectivity index (χ4n) is 2.99. The average molecular weight is 227 g/mol. The van der Waals surface area contributed by atoms with E-state index in [1.54, 1.807) is 0 Å². The Kier molecular flexibility index (Phi) is 5.26. The molecule has 16 heavy (non-hydrogen) atoms. The van der Waals surface area contributed by atoms with Crippen LogP contribution in [0.1, 0.15) is 52.4 Å². The summed E-state index contributed by atoms with van der Waals surface area (Å²) in [6, 6.07) is 0. The Morgan fingerprint density at radius 1 is 1.38 bits per heavy atom. The van der Waals surface area contributed by atoms with E-state index in [0.29, 0.717) is 12.0 Å². The van der Waals surface area contributed by atoms with E-state index in [9.17, 15) is 4.79 Å². The van der Waals surface area contributed by atoms with Crippen LogP contribution in [0.5, 0.6) is 0 Å². The quantitative estimate of drug-likeness (QED) is 0.657. The van der Waals surface area contributed by atoms with Crippen molar-refractivity contribution in [2.45, 2.75) is 52.4 Å². The van der Waals surface area contributed by atoms with Gasteiger partial charge in [-0.25, -0.2) is 0 Å². The lowest BCUT2D eigenvalue weighted by Gasteiger charge is -2.31. The van der Waals surface area contributed by atoms with Crippen LogP contribution in [0.4, 0.5) is 0 Å². The average Bonchev–Trinajstić information content (AvgIpc) is 2.60. The second-order valence-electron chi connectivity index (χ2n) is 5.63. The molecule has 0 radical (unpaired) electrons. The fraction of sp³-hybridized carbons (Fsp3) is 0.923. The van der Waals surface area contributed by atoms with Crippen LogP contribution in [0, 0.1) is 11.3 Å². The number of carboxylic acids is 1. The highest BCUT2D eigenvalue weighted by atomic mass is 16.4. The maximum absolute atomic E-state index is 10.4. The molecule has 0 unspecified atom stereocenters. The predicted molar refractivity (Wildman–Crippen MR) is 65.5 cm³/mol. The minimum Gasteiger partial charge on any atom is -0.481 e. The van der Waals surface area contributed by atoms with Gasteiger partial charge in [-0.15, -0.1) is 0 Å². The van der Waals surface area contributed by atoms with Gasteiger partial charge in [0.25, 0.3) is 0 Å². The number of carbonyl (C=O) groups is 1. The van der Waals surface area contributed by atoms with Gasteiger partial charge in [-0.3, -0.25) is 4.79 Å². The maximum atomic E-state index is 10.4. The van der Waals surface area contributed by atoms with E-state index in [0.717, 1.165) is 12.5 Å². The topological polar surface area (TPSA) is 49.3 Å². The molecule has 3 nitrogen and oxygen atoms in total. The Bertz CT molecular complexity index is 220. The third kappa shape index (κ3) is 4.52. The van der Waals surface area contributed by atoms with Crippen molar-refractivity contribution in [2.24, 2.45) is 11.3 Å². The van der Waals surface area contributed by atoms with Crippen molar-refractivity contribution in [1.82, 2.24) is 5.32 Å². The van der Waals surface area contributed by atoms with Crippen molar-refractivity contribution in [2.75, 3.05) is 13.1 Å². The number of hydrogen-bond donors (Lipinski definition) is 2. The summed E-state index contributed by atoms with van der Waals surface area (Å²) >= 11 is 0. The number of aliphatic carboxylic acids is 1. The fourth-order valence-corrected chi connectivity index (χ4v) is 2.99. The lowest BCUT2D eigenvalue weighted by Crippen LogP contribution is -2.34. The van der Waals surface area contributed by atoms with Gasteiger partial charge in [-0.05, 0) is 30.6 Å². The zero-order valence-electron chi connectivity index (χ0n) is 10.6. The van der Waals surface area contributed by atoms with E-state index in [4.69, 9.17) is 5.11 Å². The third-order valence-electron chi connectivity index (χ3n) is 3.52. The molecule has 0 bridgehead atoms. The van der Waals surface area contributed by atoms with Gasteiger partial charge >= 0.3 is 5.97 Å². The van der Waals surface area contributed by atoms with Crippen molar-refractivity contribution in [1.29, 1.82) is 0 Å². The van der Waals surface area contributed by atoms with Crippen molar-refractivity contribution in [3.05, 3.63) is 0 Å². The number of carboxylic acid groups (broad SMARTS) is 1. The molecule has 1 fully saturated rings. The first-order chi connectivity index (χ1) is 7.54. The molecule has 0 heterocycles. The van der Waals surface area contributed by atoms with Gasteiger partial charge < -0.3 is 10.4 Å². The first kappa shape index (κ1) is 13.5. The van der Waals surface area contributed by atoms with E-state index in [2.05, 4.69) is 19.2 Å². The van der Waals surface area contributed by atoms with Crippen LogP contribution < -0.4 is 5.32 Å². The summed E-state index contributed by atoms with van der Waals surface area (Å²) in [5.41, 5.74) is 0.451. The minimum absolute atomic E-state index is 0.234. The first-order valence-electron chi connectivity index (χ1n) is 6.47. The predicted octanol–water partition coefficient (Wildman–Crippen LogP) is 2.66. The van der Waals surface area contributed by atoms with E-state index in [1.165, 1.54) is 32.1 Å². The minimum atomic E-state index is -0.711. The van der Waals surface area contributed by atoms with Gasteiger partial charge in [-0.2, -0.15) is 0 Å². The lowest BCUT2D eigenvalue weighted by molar-refractivity contribution is -0.136. The zero-order valence-corrected chi connectivity index (χ0v) is 10.6. The van der Waals surface area contributed by atoms with Gasteiger partial charge in [-0.1, -0.05) is 26.7 Å². The van der Waals surface area contributed by atoms with Crippen LogP contribution in [0.2, 0.25) is 0 Å². The second kappa shape index (κ2) is 6.24. The van der Waals surface area contributed by atoms with Crippen LogP contribution in [-0.4, -0.2) is 24.2 Å². The molecule has 1 rings (SSSR count). The Hall–Kier alpha value is -0.570. The first-order valence-corrected chi connectivity index (χ1v) is 6.47. The van der Waals surface area contributed by atoms with Crippen molar-refractivity contribution >= 4 is 5.97 Å². The summed E-state index contributed by atoms with van der Waals surface area (Å²) in [5, 5.41) is 11.9. The summed E-state index contributed by atoms with van der Waals surface area (Å²) in [4.78, 5) is 10.4. The van der Waals surface area contributed by atoms with E-state index in [-0.39, 0.29) is 6.42 Å². The standard InChI is InChI=1S/C13H25NO2/c1-11(2)9-13(6-3-4-7-13)10-14-8-5-12(15)16/h11,14H,3-10H2,1-2H3,(H,15,16). The molecule has 0 aliphatic heterocycles. The molecule has 0 aromatic heterocycles. The molecule has 0 aromatic carbocycles. The molecule has 2 N–H and O–H groups in total. The highest BCUT2D eigenvalue weighted by Crippen LogP contribution is 2.42. The Morgan fingerprint density at radius 3 is 2.50 bits per heavy atom. The smallest absolute Gasteiger partial charge is 0.304 e. The Morgan fingerprint density at radius 2 is 2.00 bits per heavy atom. The molecule has 94 valence electrons. The summed E-state index contributed by atoms with van der Waals surface area (Å²) < 4.78 is 0. The van der Waals surface area contributed by atoms with Crippen LogP contribution >= 0.6 is 0 Å². The van der Waals surface area contributed by atoms with Gasteiger partial charge in [0.1, 0.15) is 0 Å². The number of hydrogen-bond acceptors (Lipinski definition) is 2. The molecule has 0 saturated heterocycles. The van der Waals surface area contributed by atoms with Crippen LogP contribution in [0.25, 0.3) is 0 Å². The molecule has 1 aliphatic carbocycles. The van der Waals surface area contributed by atoms with Gasteiger partial charge in [0.05, 0.1) is 6.42 Å². The molecule has 0 atom stereocenters. The Balaban J connectivity index is 2.30. The maximum Gasteiger partial charge on any atom is 0.304 e. The molecule has 0 amide bonds. The summed E-state index contributed by atoms with van der Waals surface area (Å²) in [6.45, 7) is 6.16. The van der Waals surface area contributed by atoms with Crippen LogP contribution in [-0.2, 0) is 4.79 Å². The van der Waals surface area contributed by atoms with Crippen LogP contribution in [0.3, 0.4) is 0 Å². The van der Waals surface area contributed by atoms with Crippen molar-refractivity contribution in [3.63, 3.8) is 0 Å².